The van der Waals surface area contributed by atoms with E-state index in [0.717, 1.165) is 37.9 Å². The highest BCUT2D eigenvalue weighted by molar-refractivity contribution is 7.98. The van der Waals surface area contributed by atoms with Crippen LogP contribution in [0.2, 0.25) is 0 Å². The van der Waals surface area contributed by atoms with Gasteiger partial charge in [0.1, 0.15) is 0 Å². The van der Waals surface area contributed by atoms with Crippen molar-refractivity contribution in [3.8, 4) is 0 Å². The Morgan fingerprint density at radius 1 is 1.26 bits per heavy atom. The second-order valence-electron chi connectivity index (χ2n) is 4.98. The maximum absolute atomic E-state index is 12.0. The van der Waals surface area contributed by atoms with E-state index < -0.39 is 10.2 Å². The molecule has 0 bridgehead atoms. The number of aliphatic hydroxyl groups is 1. The first-order chi connectivity index (χ1) is 9.10. The van der Waals surface area contributed by atoms with Crippen molar-refractivity contribution in [3.63, 3.8) is 0 Å². The summed E-state index contributed by atoms with van der Waals surface area (Å²) in [6, 6.07) is 0. The monoisotopic (exact) mass is 310 g/mol. The summed E-state index contributed by atoms with van der Waals surface area (Å²) in [4.78, 5) is 0. The lowest BCUT2D eigenvalue weighted by molar-refractivity contribution is 0.169. The summed E-state index contributed by atoms with van der Waals surface area (Å²) in [6.07, 6.45) is 6.70. The first-order valence-corrected chi connectivity index (χ1v) is 9.78. The van der Waals surface area contributed by atoms with Gasteiger partial charge in [-0.25, -0.2) is 4.72 Å². The summed E-state index contributed by atoms with van der Waals surface area (Å²) in [7, 11) is -3.31. The van der Waals surface area contributed by atoms with E-state index >= 15 is 0 Å². The van der Waals surface area contributed by atoms with Gasteiger partial charge in [0.25, 0.3) is 10.2 Å². The van der Waals surface area contributed by atoms with E-state index in [0.29, 0.717) is 19.6 Å². The molecule has 1 aliphatic heterocycles. The minimum Gasteiger partial charge on any atom is -0.396 e. The lowest BCUT2D eigenvalue weighted by atomic mass is 10.00. The molecule has 2 N–H and O–H groups in total. The Kier molecular flexibility index (Phi) is 8.32. The zero-order valence-electron chi connectivity index (χ0n) is 11.7. The molecule has 0 amide bonds. The fraction of sp³-hybridized carbons (Fsp3) is 1.00. The van der Waals surface area contributed by atoms with Crippen LogP contribution in [0.5, 0.6) is 0 Å². The third-order valence-corrected chi connectivity index (χ3v) is 5.79. The van der Waals surface area contributed by atoms with Crippen molar-refractivity contribution in [2.75, 3.05) is 38.2 Å². The van der Waals surface area contributed by atoms with Crippen molar-refractivity contribution in [1.82, 2.24) is 9.03 Å². The van der Waals surface area contributed by atoms with Crippen LogP contribution in [0, 0.1) is 5.92 Å². The van der Waals surface area contributed by atoms with Crippen molar-refractivity contribution in [1.29, 1.82) is 0 Å². The molecule has 0 spiro atoms. The van der Waals surface area contributed by atoms with Crippen LogP contribution < -0.4 is 4.72 Å². The highest BCUT2D eigenvalue weighted by Crippen LogP contribution is 2.18. The average molecular weight is 310 g/mol. The van der Waals surface area contributed by atoms with Crippen LogP contribution in [-0.4, -0.2) is 56.1 Å². The number of nitrogens with zero attached hydrogens (tertiary/aromatic N) is 1. The average Bonchev–Trinajstić information content (AvgIpc) is 2.43. The van der Waals surface area contributed by atoms with Crippen LogP contribution in [0.15, 0.2) is 0 Å². The number of thioether (sulfide) groups is 1. The minimum atomic E-state index is -3.31. The molecule has 0 aromatic heterocycles. The third kappa shape index (κ3) is 6.44. The lowest BCUT2D eigenvalue weighted by Gasteiger charge is -2.30. The van der Waals surface area contributed by atoms with Crippen LogP contribution in [0.3, 0.4) is 0 Å². The first-order valence-electron chi connectivity index (χ1n) is 6.94. The van der Waals surface area contributed by atoms with Gasteiger partial charge in [0.05, 0.1) is 0 Å². The Balaban J connectivity index is 2.21. The molecule has 1 rings (SSSR count). The molecule has 0 aromatic rings. The summed E-state index contributed by atoms with van der Waals surface area (Å²) in [5, 5.41) is 9.04. The van der Waals surface area contributed by atoms with E-state index in [1.165, 1.54) is 4.31 Å². The highest BCUT2D eigenvalue weighted by Gasteiger charge is 2.26. The molecule has 0 aromatic carbocycles. The number of hydrogen-bond acceptors (Lipinski definition) is 4. The second-order valence-corrected chi connectivity index (χ2v) is 7.72. The quantitative estimate of drug-likeness (QED) is 0.625. The molecule has 19 heavy (non-hydrogen) atoms. The molecule has 0 atom stereocenters. The van der Waals surface area contributed by atoms with Gasteiger partial charge in [-0.15, -0.1) is 0 Å². The van der Waals surface area contributed by atoms with Gasteiger partial charge >= 0.3 is 0 Å². The molecule has 1 fully saturated rings. The molecule has 7 heteroatoms. The molecule has 0 aliphatic carbocycles. The number of rotatable bonds is 9. The van der Waals surface area contributed by atoms with Gasteiger partial charge in [0.15, 0.2) is 0 Å². The first kappa shape index (κ1) is 17.2. The SMILES string of the molecule is CSCCCCCNS(=O)(=O)N1CCC(CO)CC1. The standard InChI is InChI=1S/C12H26N2O3S2/c1-18-10-4-2-3-7-13-19(16,17)14-8-5-12(11-15)6-9-14/h12-13,15H,2-11H2,1H3. The van der Waals surface area contributed by atoms with Crippen molar-refractivity contribution < 1.29 is 13.5 Å². The van der Waals surface area contributed by atoms with Gasteiger partial charge < -0.3 is 5.11 Å². The summed E-state index contributed by atoms with van der Waals surface area (Å²) >= 11 is 1.82. The summed E-state index contributed by atoms with van der Waals surface area (Å²) in [6.45, 7) is 1.73. The minimum absolute atomic E-state index is 0.163. The van der Waals surface area contributed by atoms with Gasteiger partial charge in [-0.05, 0) is 43.6 Å². The fourth-order valence-corrected chi connectivity index (χ4v) is 3.94. The topological polar surface area (TPSA) is 69.6 Å². The number of unbranched alkanes of at least 4 members (excludes halogenated alkanes) is 2. The Morgan fingerprint density at radius 2 is 1.95 bits per heavy atom. The fourth-order valence-electron chi connectivity index (χ4n) is 2.17. The van der Waals surface area contributed by atoms with E-state index in [2.05, 4.69) is 11.0 Å². The lowest BCUT2D eigenvalue weighted by Crippen LogP contribution is -2.45. The van der Waals surface area contributed by atoms with E-state index in [9.17, 15) is 8.42 Å². The normalized spacial score (nSPS) is 18.8. The number of nitrogens with one attached hydrogen (secondary N) is 1. The van der Waals surface area contributed by atoms with Crippen molar-refractivity contribution in [2.24, 2.45) is 5.92 Å². The molecule has 1 saturated heterocycles. The van der Waals surface area contributed by atoms with E-state index in [4.69, 9.17) is 5.11 Å². The summed E-state index contributed by atoms with van der Waals surface area (Å²) in [5.74, 6) is 1.40. The van der Waals surface area contributed by atoms with Gasteiger partial charge in [-0.1, -0.05) is 6.42 Å². The Morgan fingerprint density at radius 3 is 2.53 bits per heavy atom. The molecular weight excluding hydrogens is 284 g/mol. The Bertz CT molecular complexity index is 328. The molecule has 5 nitrogen and oxygen atoms in total. The van der Waals surface area contributed by atoms with Crippen LogP contribution in [0.4, 0.5) is 0 Å². The zero-order valence-corrected chi connectivity index (χ0v) is 13.3. The molecule has 114 valence electrons. The van der Waals surface area contributed by atoms with Crippen LogP contribution in [0.25, 0.3) is 0 Å². The molecule has 0 saturated carbocycles. The van der Waals surface area contributed by atoms with Crippen molar-refractivity contribution in [2.45, 2.75) is 32.1 Å². The van der Waals surface area contributed by atoms with Crippen LogP contribution >= 0.6 is 11.8 Å². The van der Waals surface area contributed by atoms with Crippen LogP contribution in [0.1, 0.15) is 32.1 Å². The number of piperidine rings is 1. The predicted octanol–water partition coefficient (Wildman–Crippen LogP) is 1.06. The van der Waals surface area contributed by atoms with E-state index in [1.807, 2.05) is 11.8 Å². The Hall–Kier alpha value is 0.180. The van der Waals surface area contributed by atoms with Crippen molar-refractivity contribution in [3.05, 3.63) is 0 Å². The summed E-state index contributed by atoms with van der Waals surface area (Å²) < 4.78 is 28.2. The zero-order chi connectivity index (χ0) is 14.1. The molecule has 1 aliphatic rings. The molecule has 1 heterocycles. The number of hydrogen-bond donors (Lipinski definition) is 2. The third-order valence-electron chi connectivity index (χ3n) is 3.48. The molecular formula is C12H26N2O3S2. The van der Waals surface area contributed by atoms with Crippen LogP contribution in [-0.2, 0) is 10.2 Å². The van der Waals surface area contributed by atoms with E-state index in [1.54, 1.807) is 0 Å². The van der Waals surface area contributed by atoms with Gasteiger partial charge in [-0.2, -0.15) is 24.5 Å². The summed E-state index contributed by atoms with van der Waals surface area (Å²) in [5.41, 5.74) is 0. The smallest absolute Gasteiger partial charge is 0.279 e. The van der Waals surface area contributed by atoms with Gasteiger partial charge in [0, 0.05) is 26.2 Å². The van der Waals surface area contributed by atoms with Gasteiger partial charge in [0.2, 0.25) is 0 Å². The Labute approximate surface area is 121 Å². The van der Waals surface area contributed by atoms with E-state index in [-0.39, 0.29) is 12.5 Å². The molecule has 0 radical (unpaired) electrons. The maximum Gasteiger partial charge on any atom is 0.279 e. The van der Waals surface area contributed by atoms with Crippen molar-refractivity contribution >= 4 is 22.0 Å². The maximum atomic E-state index is 12.0. The molecule has 0 unspecified atom stereocenters. The van der Waals surface area contributed by atoms with Gasteiger partial charge in [-0.3, -0.25) is 0 Å². The number of aliphatic hydroxyl groups excluding tert-OH is 1. The second kappa shape index (κ2) is 9.18. The highest BCUT2D eigenvalue weighted by atomic mass is 32.2. The largest absolute Gasteiger partial charge is 0.396 e. The predicted molar refractivity (Wildman–Crippen MR) is 80.5 cm³/mol.